The van der Waals surface area contributed by atoms with Crippen LogP contribution in [0.1, 0.15) is 31.9 Å². The predicted octanol–water partition coefficient (Wildman–Crippen LogP) is 4.33. The van der Waals surface area contributed by atoms with Crippen molar-refractivity contribution in [2.45, 2.75) is 51.6 Å². The Kier molecular flexibility index (Phi) is 8.07. The molecule has 0 spiro atoms. The summed E-state index contributed by atoms with van der Waals surface area (Å²) in [6, 6.07) is 12.8. The van der Waals surface area contributed by atoms with Crippen molar-refractivity contribution in [2.24, 2.45) is 0 Å². The molecule has 0 aliphatic heterocycles. The van der Waals surface area contributed by atoms with Crippen LogP contribution in [-0.2, 0) is 19.5 Å². The van der Waals surface area contributed by atoms with Crippen molar-refractivity contribution in [3.05, 3.63) is 53.6 Å². The van der Waals surface area contributed by atoms with E-state index in [4.69, 9.17) is 9.47 Å². The van der Waals surface area contributed by atoms with E-state index in [0.717, 1.165) is 16.8 Å². The van der Waals surface area contributed by atoms with Gasteiger partial charge < -0.3 is 14.4 Å². The Labute approximate surface area is 174 Å². The standard InChI is InChI=1S/C22H32N2O4S/c1-16(2)24(19(5)14-28-15-27-6)22-12-9-18(4)13-21(22)23-29(25,26)20-10-7-17(3)8-11-20/h7-13,16,19,23H,14-15H2,1-6H3/t19-/m1/s1. The molecule has 0 unspecified atom stereocenters. The van der Waals surface area contributed by atoms with E-state index in [9.17, 15) is 8.42 Å². The van der Waals surface area contributed by atoms with Crippen LogP contribution >= 0.6 is 0 Å². The first kappa shape index (κ1) is 23.2. The Balaban J connectivity index is 2.39. The minimum Gasteiger partial charge on any atom is -0.362 e. The summed E-state index contributed by atoms with van der Waals surface area (Å²) in [5.74, 6) is 0. The number of benzene rings is 2. The van der Waals surface area contributed by atoms with Crippen LogP contribution in [0, 0.1) is 13.8 Å². The lowest BCUT2D eigenvalue weighted by Crippen LogP contribution is -2.42. The number of hydrogen-bond donors (Lipinski definition) is 1. The van der Waals surface area contributed by atoms with Crippen LogP contribution in [0.4, 0.5) is 11.4 Å². The molecule has 0 aliphatic carbocycles. The first-order valence-electron chi connectivity index (χ1n) is 9.71. The molecule has 0 saturated carbocycles. The maximum Gasteiger partial charge on any atom is 0.261 e. The number of hydrogen-bond acceptors (Lipinski definition) is 5. The lowest BCUT2D eigenvalue weighted by Gasteiger charge is -2.36. The van der Waals surface area contributed by atoms with Crippen molar-refractivity contribution in [3.8, 4) is 0 Å². The quantitative estimate of drug-likeness (QED) is 0.458. The summed E-state index contributed by atoms with van der Waals surface area (Å²) in [6.07, 6.45) is 0. The second-order valence-corrected chi connectivity index (χ2v) is 9.25. The third kappa shape index (κ3) is 6.19. The Morgan fingerprint density at radius 3 is 2.21 bits per heavy atom. The smallest absolute Gasteiger partial charge is 0.261 e. The van der Waals surface area contributed by atoms with Gasteiger partial charge in [0, 0.05) is 19.2 Å². The highest BCUT2D eigenvalue weighted by molar-refractivity contribution is 7.92. The van der Waals surface area contributed by atoms with Gasteiger partial charge in [-0.1, -0.05) is 23.8 Å². The number of nitrogens with zero attached hydrogens (tertiary/aromatic N) is 1. The van der Waals surface area contributed by atoms with Gasteiger partial charge in [0.2, 0.25) is 0 Å². The van der Waals surface area contributed by atoms with Crippen molar-refractivity contribution in [3.63, 3.8) is 0 Å². The number of rotatable bonds is 10. The summed E-state index contributed by atoms with van der Waals surface area (Å²) >= 11 is 0. The minimum atomic E-state index is -3.70. The topological polar surface area (TPSA) is 67.9 Å². The third-order valence-electron chi connectivity index (χ3n) is 4.60. The Bertz CT molecular complexity index is 896. The number of aryl methyl sites for hydroxylation is 2. The molecule has 6 nitrogen and oxygen atoms in total. The highest BCUT2D eigenvalue weighted by Gasteiger charge is 2.23. The summed E-state index contributed by atoms with van der Waals surface area (Å²) in [4.78, 5) is 2.39. The lowest BCUT2D eigenvalue weighted by molar-refractivity contribution is -0.0346. The van der Waals surface area contributed by atoms with Crippen molar-refractivity contribution in [2.75, 3.05) is 30.1 Å². The largest absolute Gasteiger partial charge is 0.362 e. The van der Waals surface area contributed by atoms with Crippen LogP contribution in [0.2, 0.25) is 0 Å². The Morgan fingerprint density at radius 2 is 1.62 bits per heavy atom. The van der Waals surface area contributed by atoms with Crippen LogP contribution in [-0.4, -0.2) is 41.0 Å². The highest BCUT2D eigenvalue weighted by Crippen LogP contribution is 2.32. The second kappa shape index (κ2) is 10.1. The molecule has 7 heteroatoms. The highest BCUT2D eigenvalue weighted by atomic mass is 32.2. The number of sulfonamides is 1. The van der Waals surface area contributed by atoms with Crippen molar-refractivity contribution in [1.82, 2.24) is 0 Å². The van der Waals surface area contributed by atoms with Gasteiger partial charge >= 0.3 is 0 Å². The van der Waals surface area contributed by atoms with E-state index < -0.39 is 10.0 Å². The van der Waals surface area contributed by atoms with E-state index >= 15 is 0 Å². The minimum absolute atomic E-state index is 0.0236. The third-order valence-corrected chi connectivity index (χ3v) is 5.98. The number of nitrogens with one attached hydrogen (secondary N) is 1. The van der Waals surface area contributed by atoms with Gasteiger partial charge in [0.25, 0.3) is 10.0 Å². The fraction of sp³-hybridized carbons (Fsp3) is 0.455. The van der Waals surface area contributed by atoms with Crippen LogP contribution in [0.15, 0.2) is 47.4 Å². The maximum absolute atomic E-state index is 13.0. The molecule has 0 aromatic heterocycles. The summed E-state index contributed by atoms with van der Waals surface area (Å²) in [5, 5.41) is 0. The molecule has 2 aromatic carbocycles. The van der Waals surface area contributed by atoms with Crippen LogP contribution in [0.3, 0.4) is 0 Å². The normalized spacial score (nSPS) is 12.8. The molecule has 160 valence electrons. The van der Waals surface area contributed by atoms with Gasteiger partial charge in [-0.25, -0.2) is 8.42 Å². The van der Waals surface area contributed by atoms with Crippen LogP contribution < -0.4 is 9.62 Å². The van der Waals surface area contributed by atoms with Crippen LogP contribution in [0.5, 0.6) is 0 Å². The molecule has 0 aliphatic rings. The average molecular weight is 421 g/mol. The molecule has 2 aromatic rings. The number of anilines is 2. The molecule has 1 N–H and O–H groups in total. The van der Waals surface area contributed by atoms with Gasteiger partial charge in [0.1, 0.15) is 6.79 Å². The van der Waals surface area contributed by atoms with E-state index in [2.05, 4.69) is 23.5 Å². The first-order valence-corrected chi connectivity index (χ1v) is 11.2. The maximum atomic E-state index is 13.0. The van der Waals surface area contributed by atoms with Gasteiger partial charge in [0.15, 0.2) is 0 Å². The van der Waals surface area contributed by atoms with E-state index in [-0.39, 0.29) is 23.8 Å². The molecule has 0 radical (unpaired) electrons. The number of ether oxygens (including phenoxy) is 2. The number of methoxy groups -OCH3 is 1. The molecule has 0 heterocycles. The summed E-state index contributed by atoms with van der Waals surface area (Å²) in [5.41, 5.74) is 3.35. The van der Waals surface area contributed by atoms with E-state index in [1.165, 1.54) is 0 Å². The van der Waals surface area contributed by atoms with E-state index in [1.54, 1.807) is 31.4 Å². The Hall–Kier alpha value is -2.09. The van der Waals surface area contributed by atoms with Crippen LogP contribution in [0.25, 0.3) is 0 Å². The van der Waals surface area contributed by atoms with Gasteiger partial charge in [-0.05, 0) is 64.4 Å². The van der Waals surface area contributed by atoms with Gasteiger partial charge in [-0.2, -0.15) is 0 Å². The zero-order chi connectivity index (χ0) is 21.6. The SMILES string of the molecule is COCOC[C@@H](C)N(c1ccc(C)cc1NS(=O)(=O)c1ccc(C)cc1)C(C)C. The fourth-order valence-corrected chi connectivity index (χ4v) is 4.35. The summed E-state index contributed by atoms with van der Waals surface area (Å²) in [6.45, 7) is 10.7. The zero-order valence-corrected chi connectivity index (χ0v) is 18.9. The Morgan fingerprint density at radius 1 is 1.00 bits per heavy atom. The van der Waals surface area contributed by atoms with Crippen molar-refractivity contribution < 1.29 is 17.9 Å². The molecular formula is C22H32N2O4S. The van der Waals surface area contributed by atoms with Gasteiger partial charge in [-0.3, -0.25) is 4.72 Å². The summed E-state index contributed by atoms with van der Waals surface area (Å²) < 4.78 is 39.3. The second-order valence-electron chi connectivity index (χ2n) is 7.57. The van der Waals surface area contributed by atoms with Crippen molar-refractivity contribution >= 4 is 21.4 Å². The summed E-state index contributed by atoms with van der Waals surface area (Å²) in [7, 11) is -2.12. The monoisotopic (exact) mass is 420 g/mol. The molecule has 0 bridgehead atoms. The van der Waals surface area contributed by atoms with E-state index in [0.29, 0.717) is 12.3 Å². The zero-order valence-electron chi connectivity index (χ0n) is 18.1. The predicted molar refractivity (Wildman–Crippen MR) is 118 cm³/mol. The molecule has 29 heavy (non-hydrogen) atoms. The van der Waals surface area contributed by atoms with E-state index in [1.807, 2.05) is 39.0 Å². The molecule has 0 saturated heterocycles. The molecule has 0 amide bonds. The molecule has 2 rings (SSSR count). The fourth-order valence-electron chi connectivity index (χ4n) is 3.28. The van der Waals surface area contributed by atoms with Gasteiger partial charge in [0.05, 0.1) is 22.9 Å². The van der Waals surface area contributed by atoms with Gasteiger partial charge in [-0.15, -0.1) is 0 Å². The molecule has 1 atom stereocenters. The lowest BCUT2D eigenvalue weighted by atomic mass is 10.1. The first-order chi connectivity index (χ1) is 13.7. The molecule has 0 fully saturated rings. The average Bonchev–Trinajstić information content (AvgIpc) is 2.64. The molecular weight excluding hydrogens is 388 g/mol. The van der Waals surface area contributed by atoms with Crippen molar-refractivity contribution in [1.29, 1.82) is 0 Å².